The summed E-state index contributed by atoms with van der Waals surface area (Å²) in [6.07, 6.45) is 0. The van der Waals surface area contributed by atoms with Crippen LogP contribution >= 0.6 is 15.9 Å². The highest BCUT2D eigenvalue weighted by Crippen LogP contribution is 2.08. The molecule has 2 rings (SSSR count). The van der Waals surface area contributed by atoms with E-state index in [9.17, 15) is 4.79 Å². The number of hydrogen-bond donors (Lipinski definition) is 1. The van der Waals surface area contributed by atoms with Crippen molar-refractivity contribution in [3.63, 3.8) is 0 Å². The standard InChI is InChI=1S/C13H13BrN2O2/c1-9-6-12(16-18-9)13(17)15-8-11-4-2-10(7-14)3-5-11/h2-6H,7-8H2,1H3,(H,15,17). The molecule has 0 fully saturated rings. The van der Waals surface area contributed by atoms with E-state index in [1.807, 2.05) is 24.3 Å². The molecule has 0 spiro atoms. The molecule has 0 aliphatic heterocycles. The van der Waals surface area contributed by atoms with Crippen LogP contribution in [0.15, 0.2) is 34.9 Å². The lowest BCUT2D eigenvalue weighted by molar-refractivity contribution is 0.0942. The number of aryl methyl sites for hydroxylation is 1. The van der Waals surface area contributed by atoms with Crippen molar-refractivity contribution in [1.82, 2.24) is 10.5 Å². The molecule has 0 atom stereocenters. The lowest BCUT2D eigenvalue weighted by Gasteiger charge is -2.03. The van der Waals surface area contributed by atoms with Gasteiger partial charge in [-0.2, -0.15) is 0 Å². The Kier molecular flexibility index (Phi) is 4.15. The summed E-state index contributed by atoms with van der Waals surface area (Å²) in [4.78, 5) is 11.7. The summed E-state index contributed by atoms with van der Waals surface area (Å²) in [5.74, 6) is 0.401. The molecule has 5 heteroatoms. The van der Waals surface area contributed by atoms with Crippen molar-refractivity contribution in [2.45, 2.75) is 18.8 Å². The summed E-state index contributed by atoms with van der Waals surface area (Å²) >= 11 is 3.39. The van der Waals surface area contributed by atoms with Crippen molar-refractivity contribution in [2.24, 2.45) is 0 Å². The van der Waals surface area contributed by atoms with E-state index in [-0.39, 0.29) is 5.91 Å². The summed E-state index contributed by atoms with van der Waals surface area (Å²) in [5.41, 5.74) is 2.56. The van der Waals surface area contributed by atoms with Gasteiger partial charge in [0.2, 0.25) is 0 Å². The van der Waals surface area contributed by atoms with E-state index in [2.05, 4.69) is 26.4 Å². The summed E-state index contributed by atoms with van der Waals surface area (Å²) in [6.45, 7) is 2.23. The molecule has 0 aliphatic carbocycles. The summed E-state index contributed by atoms with van der Waals surface area (Å²) < 4.78 is 4.85. The molecule has 1 aromatic heterocycles. The first kappa shape index (κ1) is 12.8. The maximum Gasteiger partial charge on any atom is 0.273 e. The van der Waals surface area contributed by atoms with Gasteiger partial charge in [0.25, 0.3) is 5.91 Å². The van der Waals surface area contributed by atoms with E-state index in [1.54, 1.807) is 13.0 Å². The summed E-state index contributed by atoms with van der Waals surface area (Å²) in [7, 11) is 0. The van der Waals surface area contributed by atoms with Crippen LogP contribution in [0.5, 0.6) is 0 Å². The second-order valence-corrected chi connectivity index (χ2v) is 4.52. The van der Waals surface area contributed by atoms with E-state index >= 15 is 0 Å². The predicted molar refractivity (Wildman–Crippen MR) is 71.5 cm³/mol. The lowest BCUT2D eigenvalue weighted by atomic mass is 10.1. The molecule has 1 N–H and O–H groups in total. The number of nitrogens with zero attached hydrogens (tertiary/aromatic N) is 1. The van der Waals surface area contributed by atoms with Gasteiger partial charge in [-0.1, -0.05) is 45.4 Å². The molecule has 0 bridgehead atoms. The average molecular weight is 309 g/mol. The lowest BCUT2D eigenvalue weighted by Crippen LogP contribution is -2.23. The van der Waals surface area contributed by atoms with Crippen molar-refractivity contribution in [2.75, 3.05) is 0 Å². The monoisotopic (exact) mass is 308 g/mol. The number of carbonyl (C=O) groups excluding carboxylic acids is 1. The van der Waals surface area contributed by atoms with Gasteiger partial charge in [-0.3, -0.25) is 4.79 Å². The van der Waals surface area contributed by atoms with Crippen molar-refractivity contribution in [3.05, 3.63) is 52.9 Å². The molecule has 1 heterocycles. The van der Waals surface area contributed by atoms with E-state index in [1.165, 1.54) is 5.56 Å². The highest BCUT2D eigenvalue weighted by atomic mass is 79.9. The number of hydrogen-bond acceptors (Lipinski definition) is 3. The zero-order chi connectivity index (χ0) is 13.0. The van der Waals surface area contributed by atoms with Crippen LogP contribution in [-0.2, 0) is 11.9 Å². The van der Waals surface area contributed by atoms with E-state index < -0.39 is 0 Å². The van der Waals surface area contributed by atoms with Crippen molar-refractivity contribution < 1.29 is 9.32 Å². The second-order valence-electron chi connectivity index (χ2n) is 3.96. The molecule has 18 heavy (non-hydrogen) atoms. The molecule has 94 valence electrons. The third-order valence-corrected chi connectivity index (χ3v) is 3.14. The molecule has 1 amide bonds. The highest BCUT2D eigenvalue weighted by Gasteiger charge is 2.09. The van der Waals surface area contributed by atoms with Gasteiger partial charge in [0, 0.05) is 17.9 Å². The van der Waals surface area contributed by atoms with Crippen LogP contribution in [0.25, 0.3) is 0 Å². The van der Waals surface area contributed by atoms with Crippen LogP contribution in [0.1, 0.15) is 27.4 Å². The minimum atomic E-state index is -0.226. The number of carbonyl (C=O) groups is 1. The van der Waals surface area contributed by atoms with Crippen LogP contribution in [-0.4, -0.2) is 11.1 Å². The fraction of sp³-hybridized carbons (Fsp3) is 0.231. The SMILES string of the molecule is Cc1cc(C(=O)NCc2ccc(CBr)cc2)no1. The number of halogens is 1. The van der Waals surface area contributed by atoms with Crippen LogP contribution in [0.4, 0.5) is 0 Å². The first-order valence-corrected chi connectivity index (χ1v) is 6.66. The van der Waals surface area contributed by atoms with Gasteiger partial charge in [-0.05, 0) is 18.1 Å². The topological polar surface area (TPSA) is 55.1 Å². The molecule has 2 aromatic rings. The zero-order valence-electron chi connectivity index (χ0n) is 9.94. The minimum absolute atomic E-state index is 0.226. The Hall–Kier alpha value is -1.62. The fourth-order valence-corrected chi connectivity index (χ4v) is 1.87. The number of nitrogens with one attached hydrogen (secondary N) is 1. The number of alkyl halides is 1. The van der Waals surface area contributed by atoms with Gasteiger partial charge in [-0.15, -0.1) is 0 Å². The van der Waals surface area contributed by atoms with Gasteiger partial charge in [-0.25, -0.2) is 0 Å². The zero-order valence-corrected chi connectivity index (χ0v) is 11.5. The molecule has 0 saturated carbocycles. The van der Waals surface area contributed by atoms with Crippen molar-refractivity contribution in [3.8, 4) is 0 Å². The first-order valence-electron chi connectivity index (χ1n) is 5.54. The number of benzene rings is 1. The Balaban J connectivity index is 1.92. The minimum Gasteiger partial charge on any atom is -0.361 e. The fourth-order valence-electron chi connectivity index (χ4n) is 1.49. The van der Waals surface area contributed by atoms with Crippen LogP contribution in [0, 0.1) is 6.92 Å². The van der Waals surface area contributed by atoms with Gasteiger partial charge < -0.3 is 9.84 Å². The third-order valence-electron chi connectivity index (χ3n) is 2.49. The molecule has 0 unspecified atom stereocenters. The Morgan fingerprint density at radius 2 is 2.00 bits per heavy atom. The van der Waals surface area contributed by atoms with Gasteiger partial charge in [0.15, 0.2) is 5.69 Å². The molecule has 0 radical (unpaired) electrons. The maximum absolute atomic E-state index is 11.7. The molecular weight excluding hydrogens is 296 g/mol. The summed E-state index contributed by atoms with van der Waals surface area (Å²) in [6, 6.07) is 9.64. The van der Waals surface area contributed by atoms with Crippen LogP contribution in [0.2, 0.25) is 0 Å². The van der Waals surface area contributed by atoms with Gasteiger partial charge in [0.1, 0.15) is 5.76 Å². The Morgan fingerprint density at radius 3 is 2.56 bits per heavy atom. The molecule has 0 aliphatic rings. The van der Waals surface area contributed by atoms with Crippen LogP contribution in [0.3, 0.4) is 0 Å². The highest BCUT2D eigenvalue weighted by molar-refractivity contribution is 9.08. The van der Waals surface area contributed by atoms with Crippen LogP contribution < -0.4 is 5.32 Å². The largest absolute Gasteiger partial charge is 0.361 e. The normalized spacial score (nSPS) is 10.3. The smallest absolute Gasteiger partial charge is 0.273 e. The van der Waals surface area contributed by atoms with E-state index in [4.69, 9.17) is 4.52 Å². The van der Waals surface area contributed by atoms with Gasteiger partial charge >= 0.3 is 0 Å². The van der Waals surface area contributed by atoms with E-state index in [0.29, 0.717) is 18.0 Å². The quantitative estimate of drug-likeness (QED) is 0.884. The molecule has 1 aromatic carbocycles. The molecular formula is C13H13BrN2O2. The van der Waals surface area contributed by atoms with E-state index in [0.717, 1.165) is 10.9 Å². The predicted octanol–water partition coefficient (Wildman–Crippen LogP) is 2.81. The number of aromatic nitrogens is 1. The average Bonchev–Trinajstić information content (AvgIpc) is 2.83. The number of amides is 1. The second kappa shape index (κ2) is 5.82. The third kappa shape index (κ3) is 3.20. The molecule has 4 nitrogen and oxygen atoms in total. The van der Waals surface area contributed by atoms with Crippen molar-refractivity contribution >= 4 is 21.8 Å². The first-order chi connectivity index (χ1) is 8.69. The summed E-state index contributed by atoms with van der Waals surface area (Å²) in [5, 5.41) is 7.29. The Morgan fingerprint density at radius 1 is 1.33 bits per heavy atom. The van der Waals surface area contributed by atoms with Gasteiger partial charge in [0.05, 0.1) is 0 Å². The Labute approximate surface area is 113 Å². The number of rotatable bonds is 4. The van der Waals surface area contributed by atoms with Crippen molar-refractivity contribution in [1.29, 1.82) is 0 Å². The molecule has 0 saturated heterocycles. The maximum atomic E-state index is 11.7. The Bertz CT molecular complexity index is 534.